The van der Waals surface area contributed by atoms with Crippen LogP contribution in [0, 0.1) is 6.92 Å². The Hall–Kier alpha value is -2.81. The maximum Gasteiger partial charge on any atom is 0.349 e. The number of hydrogen-bond donors (Lipinski definition) is 2. The third-order valence-corrected chi connectivity index (χ3v) is 5.26. The van der Waals surface area contributed by atoms with Crippen LogP contribution in [-0.4, -0.2) is 27.7 Å². The molecule has 0 spiro atoms. The van der Waals surface area contributed by atoms with Gasteiger partial charge < -0.3 is 14.5 Å². The van der Waals surface area contributed by atoms with Gasteiger partial charge in [0.25, 0.3) is 5.91 Å². The summed E-state index contributed by atoms with van der Waals surface area (Å²) in [5.41, 5.74) is 0.00806. The van der Waals surface area contributed by atoms with Gasteiger partial charge in [0.2, 0.25) is 10.0 Å². The van der Waals surface area contributed by atoms with Crippen molar-refractivity contribution in [1.29, 1.82) is 0 Å². The Labute approximate surface area is 163 Å². The molecule has 150 valence electrons. The third kappa shape index (κ3) is 4.36. The summed E-state index contributed by atoms with van der Waals surface area (Å²) in [6.07, 6.45) is 4.04. The number of anilines is 2. The van der Waals surface area contributed by atoms with E-state index in [0.29, 0.717) is 17.1 Å². The number of methoxy groups -OCH3 is 1. The minimum atomic E-state index is -3.57. The van der Waals surface area contributed by atoms with Crippen LogP contribution in [0.4, 0.5) is 11.4 Å². The zero-order chi connectivity index (χ0) is 20.5. The second-order valence-corrected chi connectivity index (χ2v) is 8.61. The Morgan fingerprint density at radius 1 is 1.21 bits per heavy atom. The standard InChI is InChI=1S/C19H22N2O6S/c1-11-9-16(12-5-4-6-12)27-19(23)17(11)18(22)20-15-10-13(26-2)7-8-14(15)21-28(3,24)25/h7-10,12,21H,4-6H2,1-3H3,(H,20,22). The molecule has 1 aromatic carbocycles. The number of rotatable bonds is 6. The molecule has 1 aliphatic rings. The summed E-state index contributed by atoms with van der Waals surface area (Å²) >= 11 is 0. The van der Waals surface area contributed by atoms with Crippen molar-refractivity contribution in [2.24, 2.45) is 0 Å². The van der Waals surface area contributed by atoms with Crippen LogP contribution in [0.3, 0.4) is 0 Å². The van der Waals surface area contributed by atoms with Crippen molar-refractivity contribution in [3.05, 3.63) is 51.6 Å². The molecule has 1 aromatic heterocycles. The molecular formula is C19H22N2O6S. The number of carbonyl (C=O) groups is 1. The normalized spacial score (nSPS) is 14.2. The van der Waals surface area contributed by atoms with E-state index in [4.69, 9.17) is 9.15 Å². The first-order valence-electron chi connectivity index (χ1n) is 8.80. The molecule has 2 aromatic rings. The fourth-order valence-electron chi connectivity index (χ4n) is 3.03. The van der Waals surface area contributed by atoms with Crippen LogP contribution in [0.1, 0.15) is 46.9 Å². The molecule has 0 radical (unpaired) electrons. The minimum Gasteiger partial charge on any atom is -0.497 e. The number of carbonyl (C=O) groups excluding carboxylic acids is 1. The topological polar surface area (TPSA) is 115 Å². The molecule has 8 nitrogen and oxygen atoms in total. The molecule has 0 unspecified atom stereocenters. The first kappa shape index (κ1) is 19.9. The average molecular weight is 406 g/mol. The van der Waals surface area contributed by atoms with E-state index in [1.54, 1.807) is 19.1 Å². The van der Waals surface area contributed by atoms with Gasteiger partial charge in [0, 0.05) is 12.0 Å². The summed E-state index contributed by atoms with van der Waals surface area (Å²) < 4.78 is 36.0. The Balaban J connectivity index is 1.93. The van der Waals surface area contributed by atoms with Crippen molar-refractivity contribution in [3.8, 4) is 5.75 Å². The van der Waals surface area contributed by atoms with Gasteiger partial charge in [-0.3, -0.25) is 9.52 Å². The quantitative estimate of drug-likeness (QED) is 0.762. The predicted octanol–water partition coefficient (Wildman–Crippen LogP) is 2.85. The van der Waals surface area contributed by atoms with Gasteiger partial charge in [0.15, 0.2) is 0 Å². The number of aryl methyl sites for hydroxylation is 1. The van der Waals surface area contributed by atoms with Crippen LogP contribution in [-0.2, 0) is 10.0 Å². The van der Waals surface area contributed by atoms with E-state index in [2.05, 4.69) is 10.0 Å². The number of sulfonamides is 1. The molecule has 1 saturated carbocycles. The number of amides is 1. The highest BCUT2D eigenvalue weighted by Gasteiger charge is 2.25. The molecule has 3 rings (SSSR count). The fourth-order valence-corrected chi connectivity index (χ4v) is 3.60. The van der Waals surface area contributed by atoms with Crippen LogP contribution in [0.2, 0.25) is 0 Å². The van der Waals surface area contributed by atoms with E-state index >= 15 is 0 Å². The smallest absolute Gasteiger partial charge is 0.349 e. The molecule has 0 aliphatic heterocycles. The maximum absolute atomic E-state index is 12.7. The molecule has 1 heterocycles. The summed E-state index contributed by atoms with van der Waals surface area (Å²) in [5, 5.41) is 2.58. The van der Waals surface area contributed by atoms with Gasteiger partial charge in [-0.05, 0) is 43.5 Å². The summed E-state index contributed by atoms with van der Waals surface area (Å²) in [5.74, 6) is 0.563. The van der Waals surface area contributed by atoms with E-state index in [1.165, 1.54) is 19.2 Å². The molecule has 0 bridgehead atoms. The molecule has 1 fully saturated rings. The molecule has 28 heavy (non-hydrogen) atoms. The van der Waals surface area contributed by atoms with E-state index in [9.17, 15) is 18.0 Å². The molecule has 0 saturated heterocycles. The molecular weight excluding hydrogens is 384 g/mol. The van der Waals surface area contributed by atoms with Gasteiger partial charge >= 0.3 is 5.63 Å². The van der Waals surface area contributed by atoms with Crippen LogP contribution in [0.25, 0.3) is 0 Å². The van der Waals surface area contributed by atoms with Gasteiger partial charge in [-0.25, -0.2) is 13.2 Å². The van der Waals surface area contributed by atoms with Crippen LogP contribution in [0.15, 0.2) is 33.5 Å². The lowest BCUT2D eigenvalue weighted by atomic mass is 9.83. The van der Waals surface area contributed by atoms with E-state index < -0.39 is 21.6 Å². The Bertz CT molecular complexity index is 1070. The molecule has 1 aliphatic carbocycles. The predicted molar refractivity (Wildman–Crippen MR) is 106 cm³/mol. The van der Waals surface area contributed by atoms with Crippen molar-refractivity contribution in [2.45, 2.75) is 32.1 Å². The summed E-state index contributed by atoms with van der Waals surface area (Å²) in [4.78, 5) is 25.2. The zero-order valence-corrected chi connectivity index (χ0v) is 16.7. The molecule has 1 amide bonds. The highest BCUT2D eigenvalue weighted by atomic mass is 32.2. The number of ether oxygens (including phenoxy) is 1. The fraction of sp³-hybridized carbons (Fsp3) is 0.368. The van der Waals surface area contributed by atoms with Gasteiger partial charge in [-0.15, -0.1) is 0 Å². The number of hydrogen-bond acceptors (Lipinski definition) is 6. The second-order valence-electron chi connectivity index (χ2n) is 6.86. The number of benzene rings is 1. The molecule has 0 atom stereocenters. The third-order valence-electron chi connectivity index (χ3n) is 4.67. The lowest BCUT2D eigenvalue weighted by Crippen LogP contribution is -2.25. The number of nitrogens with one attached hydrogen (secondary N) is 2. The first-order valence-corrected chi connectivity index (χ1v) is 10.7. The van der Waals surface area contributed by atoms with Crippen LogP contribution >= 0.6 is 0 Å². The lowest BCUT2D eigenvalue weighted by molar-refractivity contribution is 0.102. The van der Waals surface area contributed by atoms with E-state index in [-0.39, 0.29) is 22.9 Å². The minimum absolute atomic E-state index is 0.115. The summed E-state index contributed by atoms with van der Waals surface area (Å²) in [7, 11) is -2.12. The molecule has 2 N–H and O–H groups in total. The van der Waals surface area contributed by atoms with E-state index in [1.807, 2.05) is 0 Å². The lowest BCUT2D eigenvalue weighted by Gasteiger charge is -2.24. The Kier molecular flexibility index (Phi) is 5.46. The Morgan fingerprint density at radius 3 is 2.46 bits per heavy atom. The molecule has 9 heteroatoms. The van der Waals surface area contributed by atoms with Crippen molar-refractivity contribution in [2.75, 3.05) is 23.4 Å². The Morgan fingerprint density at radius 2 is 1.93 bits per heavy atom. The zero-order valence-electron chi connectivity index (χ0n) is 15.9. The maximum atomic E-state index is 12.7. The SMILES string of the molecule is COc1ccc(NS(C)(=O)=O)c(NC(=O)c2c(C)cc(C3CCC3)oc2=O)c1. The van der Waals surface area contributed by atoms with Gasteiger partial charge in [-0.2, -0.15) is 0 Å². The summed E-state index contributed by atoms with van der Waals surface area (Å²) in [6.45, 7) is 1.68. The highest BCUT2D eigenvalue weighted by molar-refractivity contribution is 7.92. The first-order chi connectivity index (χ1) is 13.2. The van der Waals surface area contributed by atoms with Crippen molar-refractivity contribution in [3.63, 3.8) is 0 Å². The highest BCUT2D eigenvalue weighted by Crippen LogP contribution is 2.36. The van der Waals surface area contributed by atoms with Gasteiger partial charge in [-0.1, -0.05) is 6.42 Å². The van der Waals surface area contributed by atoms with E-state index in [0.717, 1.165) is 25.5 Å². The largest absolute Gasteiger partial charge is 0.497 e. The summed E-state index contributed by atoms with van der Waals surface area (Å²) in [6, 6.07) is 6.20. The van der Waals surface area contributed by atoms with Crippen LogP contribution in [0.5, 0.6) is 5.75 Å². The van der Waals surface area contributed by atoms with Crippen molar-refractivity contribution < 1.29 is 22.4 Å². The second kappa shape index (κ2) is 7.67. The van der Waals surface area contributed by atoms with Gasteiger partial charge in [0.1, 0.15) is 17.1 Å². The van der Waals surface area contributed by atoms with Crippen molar-refractivity contribution in [1.82, 2.24) is 0 Å². The average Bonchev–Trinajstić information content (AvgIpc) is 2.53. The monoisotopic (exact) mass is 406 g/mol. The van der Waals surface area contributed by atoms with Crippen LogP contribution < -0.4 is 20.4 Å². The van der Waals surface area contributed by atoms with Crippen molar-refractivity contribution >= 4 is 27.3 Å². The van der Waals surface area contributed by atoms with Gasteiger partial charge in [0.05, 0.1) is 24.7 Å².